The van der Waals surface area contributed by atoms with Gasteiger partial charge in [-0.25, -0.2) is 8.42 Å². The zero-order chi connectivity index (χ0) is 21.7. The van der Waals surface area contributed by atoms with Gasteiger partial charge in [0.05, 0.1) is 39.9 Å². The van der Waals surface area contributed by atoms with Crippen LogP contribution in [0.2, 0.25) is 5.02 Å². The summed E-state index contributed by atoms with van der Waals surface area (Å²) >= 11 is 7.65. The fraction of sp³-hybridized carbons (Fsp3) is 0.350. The molecule has 0 bridgehead atoms. The molecule has 30 heavy (non-hydrogen) atoms. The first-order chi connectivity index (χ1) is 14.0. The molecule has 0 amide bonds. The van der Waals surface area contributed by atoms with E-state index in [4.69, 9.17) is 11.6 Å². The average Bonchev–Trinajstić information content (AvgIpc) is 3.11. The standard InChI is InChI=1S/C20H18ClF3N2O2S2/c1-12-4-2-3-5-13(12)9-29-19-25-16-10-30(27,28)11-18(16)26(19)17-8-14(20(22,23)24)6-7-15(17)21/h2-8,16,18H,9-11H2,1H3/t16-,18+/m0/s1. The normalized spacial score (nSPS) is 22.8. The number of alkyl halides is 3. The molecule has 2 heterocycles. The van der Waals surface area contributed by atoms with Crippen LogP contribution in [0.25, 0.3) is 0 Å². The maximum atomic E-state index is 13.3. The van der Waals surface area contributed by atoms with Crippen LogP contribution >= 0.6 is 23.4 Å². The highest BCUT2D eigenvalue weighted by Crippen LogP contribution is 2.41. The number of benzene rings is 2. The topological polar surface area (TPSA) is 49.7 Å². The summed E-state index contributed by atoms with van der Waals surface area (Å²) in [5.74, 6) is 0.284. The second-order valence-electron chi connectivity index (χ2n) is 7.37. The van der Waals surface area contributed by atoms with E-state index in [1.165, 1.54) is 17.8 Å². The van der Waals surface area contributed by atoms with E-state index in [1.54, 1.807) is 4.90 Å². The van der Waals surface area contributed by atoms with Crippen molar-refractivity contribution in [3.63, 3.8) is 0 Å². The number of nitrogens with zero attached hydrogens (tertiary/aromatic N) is 2. The number of halogens is 4. The molecule has 2 aliphatic heterocycles. The van der Waals surface area contributed by atoms with Crippen LogP contribution in [0.15, 0.2) is 47.5 Å². The molecular weight excluding hydrogens is 457 g/mol. The lowest BCUT2D eigenvalue weighted by atomic mass is 10.1. The molecule has 2 atom stereocenters. The average molecular weight is 475 g/mol. The molecule has 0 radical (unpaired) electrons. The van der Waals surface area contributed by atoms with Crippen molar-refractivity contribution in [1.82, 2.24) is 0 Å². The van der Waals surface area contributed by atoms with Crippen LogP contribution < -0.4 is 4.90 Å². The van der Waals surface area contributed by atoms with Gasteiger partial charge in [0.25, 0.3) is 0 Å². The van der Waals surface area contributed by atoms with Crippen molar-refractivity contribution in [2.75, 3.05) is 16.4 Å². The largest absolute Gasteiger partial charge is 0.416 e. The smallest absolute Gasteiger partial charge is 0.313 e. The van der Waals surface area contributed by atoms with Gasteiger partial charge in [-0.3, -0.25) is 4.99 Å². The fourth-order valence-electron chi connectivity index (χ4n) is 3.70. The molecule has 0 aromatic heterocycles. The third kappa shape index (κ3) is 4.20. The third-order valence-electron chi connectivity index (χ3n) is 5.26. The molecule has 1 saturated heterocycles. The molecule has 4 rings (SSSR count). The van der Waals surface area contributed by atoms with Gasteiger partial charge in [-0.05, 0) is 36.2 Å². The van der Waals surface area contributed by atoms with Crippen molar-refractivity contribution in [3.8, 4) is 0 Å². The van der Waals surface area contributed by atoms with Crippen molar-refractivity contribution in [2.45, 2.75) is 30.9 Å². The molecule has 0 spiro atoms. The predicted octanol–water partition coefficient (Wildman–Crippen LogP) is 4.94. The SMILES string of the molecule is Cc1ccccc1CSC1=N[C@H]2CS(=O)(=O)C[C@H]2N1c1cc(C(F)(F)F)ccc1Cl. The molecule has 1 fully saturated rings. The van der Waals surface area contributed by atoms with Crippen LogP contribution in [0.5, 0.6) is 0 Å². The van der Waals surface area contributed by atoms with Crippen molar-refractivity contribution in [1.29, 1.82) is 0 Å². The first kappa shape index (κ1) is 21.5. The number of amidine groups is 1. The number of sulfone groups is 1. The second-order valence-corrected chi connectivity index (χ2v) is 10.9. The lowest BCUT2D eigenvalue weighted by Crippen LogP contribution is -2.39. The van der Waals surface area contributed by atoms with E-state index in [0.29, 0.717) is 10.9 Å². The van der Waals surface area contributed by atoms with Crippen molar-refractivity contribution < 1.29 is 21.6 Å². The maximum Gasteiger partial charge on any atom is 0.416 e. The van der Waals surface area contributed by atoms with E-state index in [-0.39, 0.29) is 22.2 Å². The van der Waals surface area contributed by atoms with Crippen LogP contribution in [0.1, 0.15) is 16.7 Å². The van der Waals surface area contributed by atoms with E-state index in [2.05, 4.69) is 4.99 Å². The number of rotatable bonds is 3. The molecule has 2 aliphatic rings. The van der Waals surface area contributed by atoms with Gasteiger partial charge < -0.3 is 4.90 Å². The fourth-order valence-corrected chi connectivity index (χ4v) is 6.95. The molecule has 0 saturated carbocycles. The molecule has 160 valence electrons. The summed E-state index contributed by atoms with van der Waals surface area (Å²) in [6.07, 6.45) is -4.54. The Labute approximate surface area is 182 Å². The molecule has 0 aliphatic carbocycles. The van der Waals surface area contributed by atoms with E-state index < -0.39 is 33.7 Å². The predicted molar refractivity (Wildman–Crippen MR) is 115 cm³/mol. The van der Waals surface area contributed by atoms with Crippen molar-refractivity contribution >= 4 is 44.1 Å². The van der Waals surface area contributed by atoms with Crippen LogP contribution in [-0.2, 0) is 21.8 Å². The Morgan fingerprint density at radius 3 is 2.63 bits per heavy atom. The molecule has 2 aromatic carbocycles. The quantitative estimate of drug-likeness (QED) is 0.632. The summed E-state index contributed by atoms with van der Waals surface area (Å²) in [4.78, 5) is 6.15. The summed E-state index contributed by atoms with van der Waals surface area (Å²) in [6, 6.07) is 9.82. The number of anilines is 1. The summed E-state index contributed by atoms with van der Waals surface area (Å²) in [5.41, 5.74) is 1.46. The summed E-state index contributed by atoms with van der Waals surface area (Å²) in [5, 5.41) is 0.613. The minimum Gasteiger partial charge on any atom is -0.313 e. The molecule has 0 N–H and O–H groups in total. The Balaban J connectivity index is 1.71. The minimum absolute atomic E-state index is 0.112. The Bertz CT molecular complexity index is 1120. The van der Waals surface area contributed by atoms with Gasteiger partial charge in [0.1, 0.15) is 0 Å². The van der Waals surface area contributed by atoms with Gasteiger partial charge >= 0.3 is 6.18 Å². The van der Waals surface area contributed by atoms with Crippen molar-refractivity contribution in [2.24, 2.45) is 4.99 Å². The van der Waals surface area contributed by atoms with E-state index in [0.717, 1.165) is 23.3 Å². The number of fused-ring (bicyclic) bond motifs is 1. The van der Waals surface area contributed by atoms with E-state index in [9.17, 15) is 21.6 Å². The summed E-state index contributed by atoms with van der Waals surface area (Å²) in [6.45, 7) is 1.98. The van der Waals surface area contributed by atoms with Crippen LogP contribution in [0, 0.1) is 6.92 Å². The van der Waals surface area contributed by atoms with Gasteiger partial charge in [-0.1, -0.05) is 47.6 Å². The van der Waals surface area contributed by atoms with Crippen LogP contribution in [0.4, 0.5) is 18.9 Å². The summed E-state index contributed by atoms with van der Waals surface area (Å²) < 4.78 is 64.2. The highest BCUT2D eigenvalue weighted by atomic mass is 35.5. The Hall–Kier alpha value is -1.71. The molecule has 0 unspecified atom stereocenters. The van der Waals surface area contributed by atoms with E-state index in [1.807, 2.05) is 31.2 Å². The van der Waals surface area contributed by atoms with Crippen LogP contribution in [0.3, 0.4) is 0 Å². The minimum atomic E-state index is -4.54. The molecule has 2 aromatic rings. The number of hydrogen-bond donors (Lipinski definition) is 0. The van der Waals surface area contributed by atoms with E-state index >= 15 is 0 Å². The lowest BCUT2D eigenvalue weighted by Gasteiger charge is -2.28. The number of hydrogen-bond acceptors (Lipinski definition) is 5. The van der Waals surface area contributed by atoms with Crippen molar-refractivity contribution in [3.05, 3.63) is 64.2 Å². The third-order valence-corrected chi connectivity index (χ3v) is 8.29. The first-order valence-corrected chi connectivity index (χ1v) is 12.4. The highest BCUT2D eigenvalue weighted by Gasteiger charge is 2.48. The van der Waals surface area contributed by atoms with Gasteiger partial charge in [0, 0.05) is 5.75 Å². The molecule has 4 nitrogen and oxygen atoms in total. The summed E-state index contributed by atoms with van der Waals surface area (Å²) in [7, 11) is -3.32. The Morgan fingerprint density at radius 2 is 1.93 bits per heavy atom. The maximum absolute atomic E-state index is 13.3. The number of aliphatic imine (C=N–C) groups is 1. The van der Waals surface area contributed by atoms with Gasteiger partial charge in [0.15, 0.2) is 15.0 Å². The molecular formula is C20H18ClF3N2O2S2. The van der Waals surface area contributed by atoms with Gasteiger partial charge in [0.2, 0.25) is 0 Å². The van der Waals surface area contributed by atoms with Crippen LogP contribution in [-0.4, -0.2) is 37.2 Å². The molecule has 10 heteroatoms. The number of thioether (sulfide) groups is 1. The monoisotopic (exact) mass is 474 g/mol. The highest BCUT2D eigenvalue weighted by molar-refractivity contribution is 8.13. The zero-order valence-corrected chi connectivity index (χ0v) is 18.2. The first-order valence-electron chi connectivity index (χ1n) is 9.17. The van der Waals surface area contributed by atoms with Gasteiger partial charge in [-0.2, -0.15) is 13.2 Å². The van der Waals surface area contributed by atoms with Gasteiger partial charge in [-0.15, -0.1) is 0 Å². The second kappa shape index (κ2) is 7.76. The number of aryl methyl sites for hydroxylation is 1. The Morgan fingerprint density at radius 1 is 1.20 bits per heavy atom. The zero-order valence-electron chi connectivity index (χ0n) is 15.9. The lowest BCUT2D eigenvalue weighted by molar-refractivity contribution is -0.137. The Kier molecular flexibility index (Phi) is 5.57.